The Kier molecular flexibility index (Phi) is 6.16. The van der Waals surface area contributed by atoms with E-state index in [1.165, 1.54) is 4.68 Å². The van der Waals surface area contributed by atoms with E-state index in [1.807, 2.05) is 50.2 Å². The quantitative estimate of drug-likeness (QED) is 0.383. The summed E-state index contributed by atoms with van der Waals surface area (Å²) >= 11 is 0. The number of nitrogens with zero attached hydrogens (tertiary/aromatic N) is 2. The van der Waals surface area contributed by atoms with Crippen molar-refractivity contribution in [1.82, 2.24) is 9.78 Å². The average Bonchev–Trinajstić information content (AvgIpc) is 3.15. The Hall–Kier alpha value is -3.71. The first-order chi connectivity index (χ1) is 15.8. The van der Waals surface area contributed by atoms with Crippen LogP contribution in [0.2, 0.25) is 0 Å². The molecule has 0 bridgehead atoms. The van der Waals surface area contributed by atoms with Gasteiger partial charge in [-0.1, -0.05) is 65.7 Å². The maximum Gasteiger partial charge on any atom is 0.338 e. The van der Waals surface area contributed by atoms with Crippen LogP contribution in [0.5, 0.6) is 0 Å². The van der Waals surface area contributed by atoms with Crippen LogP contribution in [0, 0.1) is 13.8 Å². The topological polar surface area (TPSA) is 78.3 Å². The summed E-state index contributed by atoms with van der Waals surface area (Å²) in [6.45, 7) is 3.55. The number of carbonyl (C=O) groups is 1. The van der Waals surface area contributed by atoms with Crippen molar-refractivity contribution in [2.75, 3.05) is 0 Å². The van der Waals surface area contributed by atoms with E-state index >= 15 is 0 Å². The fraction of sp³-hybridized carbons (Fsp3) is 0.154. The van der Waals surface area contributed by atoms with Crippen LogP contribution in [0.3, 0.4) is 0 Å². The summed E-state index contributed by atoms with van der Waals surface area (Å²) in [6.07, 6.45) is 0. The van der Waals surface area contributed by atoms with Crippen molar-refractivity contribution in [3.05, 3.63) is 101 Å². The van der Waals surface area contributed by atoms with Gasteiger partial charge in [-0.3, -0.25) is 4.68 Å². The van der Waals surface area contributed by atoms with Crippen LogP contribution in [0.25, 0.3) is 11.3 Å². The van der Waals surface area contributed by atoms with Crippen LogP contribution in [0.4, 0.5) is 0 Å². The van der Waals surface area contributed by atoms with Gasteiger partial charge in [0.05, 0.1) is 16.0 Å². The molecular weight excluding hydrogens is 436 g/mol. The Labute approximate surface area is 193 Å². The summed E-state index contributed by atoms with van der Waals surface area (Å²) in [4.78, 5) is 12.8. The van der Waals surface area contributed by atoms with Crippen molar-refractivity contribution in [3.63, 3.8) is 0 Å². The van der Waals surface area contributed by atoms with E-state index in [4.69, 9.17) is 4.74 Å². The first-order valence-corrected chi connectivity index (χ1v) is 11.9. The van der Waals surface area contributed by atoms with Crippen LogP contribution in [-0.2, 0) is 28.2 Å². The van der Waals surface area contributed by atoms with Gasteiger partial charge in [-0.15, -0.1) is 0 Å². The second-order valence-electron chi connectivity index (χ2n) is 7.88. The summed E-state index contributed by atoms with van der Waals surface area (Å²) < 4.78 is 34.1. The molecular formula is C26H24N2O4S. The monoisotopic (exact) mass is 460 g/mol. The Morgan fingerprint density at radius 3 is 2.27 bits per heavy atom. The number of rotatable bonds is 6. The third-order valence-electron chi connectivity index (χ3n) is 5.32. The molecule has 0 saturated carbocycles. The minimum absolute atomic E-state index is 0.00208. The van der Waals surface area contributed by atoms with E-state index in [1.54, 1.807) is 49.5 Å². The number of sulfone groups is 1. The molecule has 1 heterocycles. The second kappa shape index (κ2) is 9.03. The highest BCUT2D eigenvalue weighted by Crippen LogP contribution is 2.32. The fourth-order valence-electron chi connectivity index (χ4n) is 3.67. The van der Waals surface area contributed by atoms with E-state index in [-0.39, 0.29) is 16.5 Å². The smallest absolute Gasteiger partial charge is 0.338 e. The van der Waals surface area contributed by atoms with Gasteiger partial charge in [0.15, 0.2) is 5.03 Å². The minimum atomic E-state index is -3.91. The van der Waals surface area contributed by atoms with E-state index < -0.39 is 15.8 Å². The number of carbonyl (C=O) groups excluding carboxylic acids is 1. The lowest BCUT2D eigenvalue weighted by molar-refractivity contribution is 0.0469. The number of esters is 1. The molecule has 168 valence electrons. The van der Waals surface area contributed by atoms with Crippen molar-refractivity contribution < 1.29 is 17.9 Å². The lowest BCUT2D eigenvalue weighted by Crippen LogP contribution is -2.12. The van der Waals surface area contributed by atoms with Gasteiger partial charge in [0.2, 0.25) is 9.84 Å². The molecule has 4 rings (SSSR count). The lowest BCUT2D eigenvalue weighted by atomic mass is 10.1. The molecule has 33 heavy (non-hydrogen) atoms. The third kappa shape index (κ3) is 4.59. The molecule has 0 amide bonds. The third-order valence-corrected chi connectivity index (χ3v) is 7.23. The molecule has 6 nitrogen and oxygen atoms in total. The van der Waals surface area contributed by atoms with Gasteiger partial charge in [-0.25, -0.2) is 13.2 Å². The van der Waals surface area contributed by atoms with Crippen molar-refractivity contribution in [3.8, 4) is 11.3 Å². The van der Waals surface area contributed by atoms with Crippen LogP contribution in [-0.4, -0.2) is 24.2 Å². The van der Waals surface area contributed by atoms with Gasteiger partial charge < -0.3 is 4.74 Å². The molecule has 0 aliphatic heterocycles. The zero-order valence-corrected chi connectivity index (χ0v) is 19.5. The first kappa shape index (κ1) is 22.5. The highest BCUT2D eigenvalue weighted by atomic mass is 32.2. The summed E-state index contributed by atoms with van der Waals surface area (Å²) in [5, 5.41) is 4.50. The number of ether oxygens (including phenoxy) is 1. The van der Waals surface area contributed by atoms with Gasteiger partial charge in [-0.2, -0.15) is 5.10 Å². The number of aromatic nitrogens is 2. The van der Waals surface area contributed by atoms with Gasteiger partial charge in [0.25, 0.3) is 0 Å². The zero-order valence-electron chi connectivity index (χ0n) is 18.6. The van der Waals surface area contributed by atoms with Gasteiger partial charge in [-0.05, 0) is 38.1 Å². The van der Waals surface area contributed by atoms with Crippen molar-refractivity contribution in [1.29, 1.82) is 0 Å². The predicted molar refractivity (Wildman–Crippen MR) is 126 cm³/mol. The SMILES string of the molecule is Cc1ccc(S(=O)(=O)c2c(COC(=O)c3cccc(C)c3)c(-c3ccccc3)nn2C)cc1. The summed E-state index contributed by atoms with van der Waals surface area (Å²) in [5.74, 6) is -0.528. The Morgan fingerprint density at radius 2 is 1.61 bits per heavy atom. The highest BCUT2D eigenvalue weighted by molar-refractivity contribution is 7.91. The molecule has 0 aliphatic carbocycles. The molecule has 0 unspecified atom stereocenters. The fourth-order valence-corrected chi connectivity index (χ4v) is 5.26. The molecule has 3 aromatic carbocycles. The molecule has 0 spiro atoms. The molecule has 1 aromatic heterocycles. The number of hydrogen-bond acceptors (Lipinski definition) is 5. The minimum Gasteiger partial charge on any atom is -0.457 e. The standard InChI is InChI=1S/C26H24N2O4S/c1-18-12-14-22(15-13-18)33(30,31)25-23(17-32-26(29)21-11-7-8-19(2)16-21)24(27-28(25)3)20-9-5-4-6-10-20/h4-16H,17H2,1-3H3. The Bertz CT molecular complexity index is 1410. The predicted octanol–water partition coefficient (Wildman–Crippen LogP) is 4.89. The maximum absolute atomic E-state index is 13.6. The van der Waals surface area contributed by atoms with Crippen LogP contribution in [0.15, 0.2) is 88.8 Å². The molecule has 0 radical (unpaired) electrons. The van der Waals surface area contributed by atoms with Crippen molar-refractivity contribution in [2.45, 2.75) is 30.4 Å². The summed E-state index contributed by atoms with van der Waals surface area (Å²) in [7, 11) is -2.33. The molecule has 0 atom stereocenters. The van der Waals surface area contributed by atoms with Crippen LogP contribution < -0.4 is 0 Å². The van der Waals surface area contributed by atoms with Crippen molar-refractivity contribution in [2.24, 2.45) is 7.05 Å². The number of benzene rings is 3. The van der Waals surface area contributed by atoms with Gasteiger partial charge in [0.1, 0.15) is 12.3 Å². The Balaban J connectivity index is 1.79. The van der Waals surface area contributed by atoms with E-state index in [9.17, 15) is 13.2 Å². The number of aryl methyl sites for hydroxylation is 3. The van der Waals surface area contributed by atoms with E-state index in [0.29, 0.717) is 16.8 Å². The number of hydrogen-bond donors (Lipinski definition) is 0. The van der Waals surface area contributed by atoms with Crippen LogP contribution in [0.1, 0.15) is 27.0 Å². The first-order valence-electron chi connectivity index (χ1n) is 10.4. The molecule has 7 heteroatoms. The van der Waals surface area contributed by atoms with E-state index in [0.717, 1.165) is 16.7 Å². The van der Waals surface area contributed by atoms with Crippen molar-refractivity contribution >= 4 is 15.8 Å². The maximum atomic E-state index is 13.6. The molecule has 0 fully saturated rings. The largest absolute Gasteiger partial charge is 0.457 e. The summed E-state index contributed by atoms with van der Waals surface area (Å²) in [6, 6.07) is 23.0. The normalized spacial score (nSPS) is 11.4. The van der Waals surface area contributed by atoms with Gasteiger partial charge in [0, 0.05) is 12.6 Å². The molecule has 0 saturated heterocycles. The molecule has 0 aliphatic rings. The van der Waals surface area contributed by atoms with E-state index in [2.05, 4.69) is 5.10 Å². The molecule has 4 aromatic rings. The Morgan fingerprint density at radius 1 is 0.909 bits per heavy atom. The lowest BCUT2D eigenvalue weighted by Gasteiger charge is -2.10. The van der Waals surface area contributed by atoms with Crippen LogP contribution >= 0.6 is 0 Å². The summed E-state index contributed by atoms with van der Waals surface area (Å²) in [5.41, 5.74) is 3.82. The highest BCUT2D eigenvalue weighted by Gasteiger charge is 2.30. The second-order valence-corrected chi connectivity index (χ2v) is 9.75. The zero-order chi connectivity index (χ0) is 23.6. The van der Waals surface area contributed by atoms with Gasteiger partial charge >= 0.3 is 5.97 Å². The average molecular weight is 461 g/mol. The molecule has 0 N–H and O–H groups in total.